The minimum Gasteiger partial charge on any atom is -0.309 e. The second-order valence-electron chi connectivity index (χ2n) is 5.17. The molecule has 1 atom stereocenters. The van der Waals surface area contributed by atoms with Crippen LogP contribution in [0.5, 0.6) is 0 Å². The lowest BCUT2D eigenvalue weighted by Crippen LogP contribution is -2.18. The molecule has 3 nitrogen and oxygen atoms in total. The molecule has 0 bridgehead atoms. The molecule has 0 aliphatic carbocycles. The van der Waals surface area contributed by atoms with E-state index in [0.717, 1.165) is 34.7 Å². The Bertz CT molecular complexity index is 745. The lowest BCUT2D eigenvalue weighted by molar-refractivity contribution is 0.575. The van der Waals surface area contributed by atoms with Gasteiger partial charge < -0.3 is 5.32 Å². The average molecular weight is 317 g/mol. The molecule has 0 radical (unpaired) electrons. The van der Waals surface area contributed by atoms with E-state index in [0.29, 0.717) is 6.04 Å². The van der Waals surface area contributed by atoms with Crippen LogP contribution >= 0.6 is 22.7 Å². The van der Waals surface area contributed by atoms with Gasteiger partial charge >= 0.3 is 0 Å². The molecule has 5 heteroatoms. The molecule has 3 aromatic rings. The Kier molecular flexibility index (Phi) is 4.33. The minimum absolute atomic E-state index is 0.356. The van der Waals surface area contributed by atoms with E-state index in [-0.39, 0.29) is 0 Å². The largest absolute Gasteiger partial charge is 0.309 e. The van der Waals surface area contributed by atoms with Gasteiger partial charge in [0, 0.05) is 22.7 Å². The van der Waals surface area contributed by atoms with Crippen LogP contribution in [0.25, 0.3) is 20.8 Å². The summed E-state index contributed by atoms with van der Waals surface area (Å²) >= 11 is 3.50. The van der Waals surface area contributed by atoms with Gasteiger partial charge in [0.25, 0.3) is 0 Å². The fourth-order valence-electron chi connectivity index (χ4n) is 2.35. The zero-order chi connectivity index (χ0) is 14.8. The van der Waals surface area contributed by atoms with E-state index in [1.54, 1.807) is 22.7 Å². The smallest absolute Gasteiger partial charge is 0.125 e. The van der Waals surface area contributed by atoms with Crippen LogP contribution in [0.15, 0.2) is 23.7 Å². The molecule has 3 aromatic heterocycles. The number of rotatable bonds is 5. The number of hydrogen-bond acceptors (Lipinski definition) is 5. The number of pyridine rings is 1. The van der Waals surface area contributed by atoms with Gasteiger partial charge in [0.05, 0.1) is 15.9 Å². The topological polar surface area (TPSA) is 37.8 Å². The molecule has 0 spiro atoms. The van der Waals surface area contributed by atoms with Gasteiger partial charge in [-0.25, -0.2) is 4.98 Å². The third-order valence-electron chi connectivity index (χ3n) is 3.48. The van der Waals surface area contributed by atoms with Crippen LogP contribution in [0.1, 0.15) is 36.9 Å². The van der Waals surface area contributed by atoms with Gasteiger partial charge in [0.1, 0.15) is 5.01 Å². The number of thiophene rings is 1. The zero-order valence-electron chi connectivity index (χ0n) is 12.5. The summed E-state index contributed by atoms with van der Waals surface area (Å²) in [7, 11) is 0. The normalized spacial score (nSPS) is 12.9. The van der Waals surface area contributed by atoms with Crippen molar-refractivity contribution in [2.75, 3.05) is 6.54 Å². The fourth-order valence-corrected chi connectivity index (χ4v) is 4.20. The highest BCUT2D eigenvalue weighted by molar-refractivity contribution is 7.17. The van der Waals surface area contributed by atoms with Gasteiger partial charge in [-0.2, -0.15) is 0 Å². The van der Waals surface area contributed by atoms with Gasteiger partial charge in [-0.05, 0) is 44.3 Å². The Labute approximate surface area is 133 Å². The van der Waals surface area contributed by atoms with Crippen molar-refractivity contribution in [2.24, 2.45) is 0 Å². The van der Waals surface area contributed by atoms with Gasteiger partial charge in [-0.1, -0.05) is 6.92 Å². The Morgan fingerprint density at radius 1 is 1.38 bits per heavy atom. The van der Waals surface area contributed by atoms with Crippen LogP contribution in [-0.2, 0) is 0 Å². The molecular weight excluding hydrogens is 298 g/mol. The van der Waals surface area contributed by atoms with Crippen molar-refractivity contribution in [3.05, 3.63) is 34.3 Å². The summed E-state index contributed by atoms with van der Waals surface area (Å²) in [5.41, 5.74) is 3.31. The number of nitrogens with one attached hydrogen (secondary N) is 1. The number of fused-ring (bicyclic) bond motifs is 1. The monoisotopic (exact) mass is 317 g/mol. The SMILES string of the molecule is CCCNC(C)c1sc(-c2cnc3ccsc3c2)nc1C. The standard InChI is InChI=1S/C16H19N3S2/c1-4-6-17-10(2)15-11(3)19-16(21-15)12-8-14-13(18-9-12)5-7-20-14/h5,7-10,17H,4,6H2,1-3H3. The van der Waals surface area contributed by atoms with E-state index in [9.17, 15) is 0 Å². The maximum absolute atomic E-state index is 4.74. The van der Waals surface area contributed by atoms with Crippen LogP contribution in [-0.4, -0.2) is 16.5 Å². The Balaban J connectivity index is 1.92. The van der Waals surface area contributed by atoms with Gasteiger partial charge in [-0.3, -0.25) is 4.98 Å². The predicted molar refractivity (Wildman–Crippen MR) is 92.2 cm³/mol. The van der Waals surface area contributed by atoms with Crippen molar-refractivity contribution in [3.63, 3.8) is 0 Å². The van der Waals surface area contributed by atoms with E-state index in [4.69, 9.17) is 4.98 Å². The van der Waals surface area contributed by atoms with Crippen molar-refractivity contribution < 1.29 is 0 Å². The second kappa shape index (κ2) is 6.22. The first-order chi connectivity index (χ1) is 10.2. The van der Waals surface area contributed by atoms with Crippen molar-refractivity contribution in [1.82, 2.24) is 15.3 Å². The van der Waals surface area contributed by atoms with Crippen LogP contribution in [0.2, 0.25) is 0 Å². The van der Waals surface area contributed by atoms with E-state index < -0.39 is 0 Å². The number of hydrogen-bond donors (Lipinski definition) is 1. The fraction of sp³-hybridized carbons (Fsp3) is 0.375. The minimum atomic E-state index is 0.356. The highest BCUT2D eigenvalue weighted by Crippen LogP contribution is 2.33. The molecule has 1 unspecified atom stereocenters. The van der Waals surface area contributed by atoms with E-state index >= 15 is 0 Å². The van der Waals surface area contributed by atoms with Crippen LogP contribution in [0.4, 0.5) is 0 Å². The van der Waals surface area contributed by atoms with Crippen LogP contribution < -0.4 is 5.32 Å². The van der Waals surface area contributed by atoms with Crippen molar-refractivity contribution in [2.45, 2.75) is 33.2 Å². The summed E-state index contributed by atoms with van der Waals surface area (Å²) in [6.45, 7) is 7.53. The number of aromatic nitrogens is 2. The first kappa shape index (κ1) is 14.6. The molecule has 0 aliphatic rings. The number of thiazole rings is 1. The maximum atomic E-state index is 4.74. The van der Waals surface area contributed by atoms with Gasteiger partial charge in [-0.15, -0.1) is 22.7 Å². The lowest BCUT2D eigenvalue weighted by atomic mass is 10.2. The molecule has 3 rings (SSSR count). The maximum Gasteiger partial charge on any atom is 0.125 e. The second-order valence-corrected chi connectivity index (χ2v) is 7.15. The summed E-state index contributed by atoms with van der Waals surface area (Å²) < 4.78 is 1.22. The van der Waals surface area contributed by atoms with E-state index in [1.807, 2.05) is 6.20 Å². The van der Waals surface area contributed by atoms with E-state index in [1.165, 1.54) is 9.58 Å². The van der Waals surface area contributed by atoms with Crippen molar-refractivity contribution in [3.8, 4) is 10.6 Å². The first-order valence-corrected chi connectivity index (χ1v) is 8.93. The number of nitrogens with zero attached hydrogens (tertiary/aromatic N) is 2. The average Bonchev–Trinajstić information content (AvgIpc) is 3.10. The number of aryl methyl sites for hydroxylation is 1. The molecule has 0 saturated heterocycles. The Hall–Kier alpha value is -1.30. The molecule has 110 valence electrons. The Morgan fingerprint density at radius 2 is 2.24 bits per heavy atom. The molecule has 1 N–H and O–H groups in total. The lowest BCUT2D eigenvalue weighted by Gasteiger charge is -2.11. The molecule has 3 heterocycles. The van der Waals surface area contributed by atoms with Crippen molar-refractivity contribution >= 4 is 32.9 Å². The summed E-state index contributed by atoms with van der Waals surface area (Å²) in [4.78, 5) is 10.6. The third kappa shape index (κ3) is 3.00. The van der Waals surface area contributed by atoms with Crippen LogP contribution in [0, 0.1) is 6.92 Å². The molecule has 0 aromatic carbocycles. The summed E-state index contributed by atoms with van der Waals surface area (Å²) in [5.74, 6) is 0. The third-order valence-corrected chi connectivity index (χ3v) is 5.72. The summed E-state index contributed by atoms with van der Waals surface area (Å²) in [6.07, 6.45) is 3.08. The van der Waals surface area contributed by atoms with Gasteiger partial charge in [0.2, 0.25) is 0 Å². The van der Waals surface area contributed by atoms with Gasteiger partial charge in [0.15, 0.2) is 0 Å². The zero-order valence-corrected chi connectivity index (χ0v) is 14.1. The molecule has 0 aliphatic heterocycles. The van der Waals surface area contributed by atoms with Crippen molar-refractivity contribution in [1.29, 1.82) is 0 Å². The molecule has 21 heavy (non-hydrogen) atoms. The molecule has 0 fully saturated rings. The highest BCUT2D eigenvalue weighted by Gasteiger charge is 2.15. The molecule has 0 saturated carbocycles. The quantitative estimate of drug-likeness (QED) is 0.735. The van der Waals surface area contributed by atoms with Crippen LogP contribution in [0.3, 0.4) is 0 Å². The Morgan fingerprint density at radius 3 is 3.05 bits per heavy atom. The highest BCUT2D eigenvalue weighted by atomic mass is 32.1. The van der Waals surface area contributed by atoms with E-state index in [2.05, 4.69) is 48.6 Å². The first-order valence-electron chi connectivity index (χ1n) is 7.23. The summed E-state index contributed by atoms with van der Waals surface area (Å²) in [6, 6.07) is 4.60. The predicted octanol–water partition coefficient (Wildman–Crippen LogP) is 4.79. The molecular formula is C16H19N3S2. The summed E-state index contributed by atoms with van der Waals surface area (Å²) in [5, 5.41) is 6.68. The molecule has 0 amide bonds.